The monoisotopic (exact) mass is 817 g/mol. The van der Waals surface area contributed by atoms with Crippen LogP contribution in [-0.4, -0.2) is 101 Å². The Hall–Kier alpha value is -5.08. The Morgan fingerprint density at radius 2 is 1.46 bits per heavy atom. The molecule has 0 saturated carbocycles. The van der Waals surface area contributed by atoms with Gasteiger partial charge in [0.25, 0.3) is 0 Å². The highest BCUT2D eigenvalue weighted by atomic mass is 16.5. The second kappa shape index (κ2) is 18.9. The smallest absolute Gasteiger partial charge is 0.310 e. The molecule has 0 radical (unpaired) electrons. The Balaban J connectivity index is 0.00000384. The van der Waals surface area contributed by atoms with Gasteiger partial charge in [-0.05, 0) is 89.4 Å². The third kappa shape index (κ3) is 9.08. The summed E-state index contributed by atoms with van der Waals surface area (Å²) in [5, 5.41) is 40.9. The maximum Gasteiger partial charge on any atom is 0.310 e. The lowest BCUT2D eigenvalue weighted by atomic mass is 9.80. The van der Waals surface area contributed by atoms with Crippen molar-refractivity contribution in [2.75, 3.05) is 74.1 Å². The summed E-state index contributed by atoms with van der Waals surface area (Å²) >= 11 is 0. The maximum absolute atomic E-state index is 14.7. The van der Waals surface area contributed by atoms with Gasteiger partial charge in [-0.1, -0.05) is 26.5 Å². The summed E-state index contributed by atoms with van der Waals surface area (Å²) in [4.78, 5) is 54.8. The van der Waals surface area contributed by atoms with Gasteiger partial charge in [-0.25, -0.2) is 0 Å². The minimum atomic E-state index is -0.502. The number of hydrogen-bond donors (Lipinski definition) is 5. The zero-order valence-corrected chi connectivity index (χ0v) is 34.1. The van der Waals surface area contributed by atoms with Crippen LogP contribution in [0.5, 0.6) is 11.5 Å². The average Bonchev–Trinajstić information content (AvgIpc) is 3.30. The zero-order valence-electron chi connectivity index (χ0n) is 34.1. The van der Waals surface area contributed by atoms with Gasteiger partial charge in [0, 0.05) is 47.0 Å². The fourth-order valence-electron chi connectivity index (χ4n) is 8.17. The molecule has 0 saturated heterocycles. The fourth-order valence-corrected chi connectivity index (χ4v) is 8.17. The van der Waals surface area contributed by atoms with E-state index in [-0.39, 0.29) is 68.7 Å². The Morgan fingerprint density at radius 1 is 0.831 bits per heavy atom. The summed E-state index contributed by atoms with van der Waals surface area (Å²) < 4.78 is 17.2. The molecular formula is C46H63N3O10+2. The molecule has 0 bridgehead atoms. The second-order valence-electron chi connectivity index (χ2n) is 16.5. The number of esters is 2. The van der Waals surface area contributed by atoms with Crippen LogP contribution >= 0.6 is 0 Å². The molecule has 0 heterocycles. The van der Waals surface area contributed by atoms with E-state index < -0.39 is 18.6 Å². The highest BCUT2D eigenvalue weighted by Gasteiger charge is 2.32. The maximum atomic E-state index is 14.7. The van der Waals surface area contributed by atoms with Crippen molar-refractivity contribution in [2.45, 2.75) is 79.9 Å². The molecular weight excluding hydrogens is 755 g/mol. The van der Waals surface area contributed by atoms with E-state index >= 15 is 0 Å². The van der Waals surface area contributed by atoms with E-state index in [0.717, 1.165) is 5.57 Å². The normalized spacial score (nSPS) is 12.5. The van der Waals surface area contributed by atoms with Gasteiger partial charge in [-0.15, -0.1) is 0 Å². The number of aliphatic hydroxyl groups excluding tert-OH is 2. The lowest BCUT2D eigenvalue weighted by Crippen LogP contribution is -3.06. The molecule has 0 aromatic heterocycles. The van der Waals surface area contributed by atoms with Crippen molar-refractivity contribution in [3.05, 3.63) is 66.0 Å². The number of allylic oxidation sites excluding steroid dienone is 1. The second-order valence-corrected chi connectivity index (χ2v) is 16.5. The first-order valence-electron chi connectivity index (χ1n) is 19.6. The number of nitrogens with zero attached hydrogens (tertiary/aromatic N) is 1. The van der Waals surface area contributed by atoms with Gasteiger partial charge >= 0.3 is 11.9 Å². The predicted octanol–water partition coefficient (Wildman–Crippen LogP) is 4.63. The van der Waals surface area contributed by atoms with Gasteiger partial charge in [0.05, 0.1) is 66.3 Å². The van der Waals surface area contributed by atoms with Crippen LogP contribution in [0, 0.1) is 0 Å². The first-order chi connectivity index (χ1) is 27.1. The number of anilines is 1. The van der Waals surface area contributed by atoms with Crippen molar-refractivity contribution in [3.8, 4) is 11.5 Å². The average molecular weight is 818 g/mol. The minimum absolute atomic E-state index is 0. The zero-order chi connectivity index (χ0) is 41.3. The molecule has 59 heavy (non-hydrogen) atoms. The Kier molecular flexibility index (Phi) is 14.9. The van der Waals surface area contributed by atoms with Crippen LogP contribution in [0.15, 0.2) is 27.3 Å². The first-order valence-corrected chi connectivity index (χ1v) is 19.6. The summed E-state index contributed by atoms with van der Waals surface area (Å²) in [7, 11) is 11.2. The molecule has 320 valence electrons. The molecule has 13 heteroatoms. The minimum Gasteiger partial charge on any atom is -0.507 e. The molecule has 0 fully saturated rings. The SMILES string of the molecule is C.C.COc1c2c3c4c(c(CCCCC(=O)OC[N+](C)(C)C)c(O)c5c(=O)cc(CO)c(c6c(CO)cc(NCCCC(=O)OCC[NH+](C)C)c(c1=O)c63)c54)C=C(C)C2. The van der Waals surface area contributed by atoms with E-state index in [1.807, 2.05) is 48.2 Å². The van der Waals surface area contributed by atoms with E-state index in [4.69, 9.17) is 14.2 Å². The number of carbonyl (C=O) groups excluding carboxylic acids is 2. The summed E-state index contributed by atoms with van der Waals surface area (Å²) in [6.45, 7) is 2.60. The summed E-state index contributed by atoms with van der Waals surface area (Å²) in [5.41, 5.74) is 3.13. The van der Waals surface area contributed by atoms with Crippen LogP contribution in [0.1, 0.15) is 81.7 Å². The van der Waals surface area contributed by atoms with Gasteiger partial charge in [-0.3, -0.25) is 23.7 Å². The fraction of sp³-hybridized carbons (Fsp3) is 0.478. The van der Waals surface area contributed by atoms with Crippen LogP contribution in [-0.2, 0) is 45.1 Å². The Morgan fingerprint density at radius 3 is 2.08 bits per heavy atom. The van der Waals surface area contributed by atoms with Crippen LogP contribution in [0.25, 0.3) is 49.2 Å². The number of phenolic OH excluding ortho intramolecular Hbond substituents is 1. The molecule has 1 aliphatic rings. The Bertz CT molecular complexity index is 2500. The number of hydrogen-bond acceptors (Lipinski definition) is 11. The highest BCUT2D eigenvalue weighted by Crippen LogP contribution is 2.52. The molecule has 13 nitrogen and oxygen atoms in total. The number of quaternary nitrogens is 2. The van der Waals surface area contributed by atoms with Gasteiger partial charge in [0.1, 0.15) is 18.9 Å². The molecule has 0 amide bonds. The lowest BCUT2D eigenvalue weighted by molar-refractivity contribution is -0.888. The van der Waals surface area contributed by atoms with Crippen molar-refractivity contribution in [1.82, 2.24) is 0 Å². The number of phenols is 1. The third-order valence-corrected chi connectivity index (χ3v) is 10.7. The van der Waals surface area contributed by atoms with E-state index in [1.54, 1.807) is 6.07 Å². The van der Waals surface area contributed by atoms with Crippen LogP contribution in [0.3, 0.4) is 0 Å². The summed E-state index contributed by atoms with van der Waals surface area (Å²) in [5.74, 6) is -0.642. The van der Waals surface area contributed by atoms with Crippen LogP contribution in [0.4, 0.5) is 5.69 Å². The number of aliphatic hydroxyl groups is 2. The van der Waals surface area contributed by atoms with Crippen molar-refractivity contribution in [1.29, 1.82) is 0 Å². The molecule has 0 unspecified atom stereocenters. The van der Waals surface area contributed by atoms with E-state index in [0.29, 0.717) is 127 Å². The number of aromatic hydroxyl groups is 1. The number of rotatable bonds is 18. The number of carbonyl (C=O) groups is 2. The molecule has 0 spiro atoms. The number of fused-ring (bicyclic) bond motifs is 1. The van der Waals surface area contributed by atoms with Gasteiger partial charge in [-0.2, -0.15) is 0 Å². The Labute approximate surface area is 346 Å². The number of benzene rings is 5. The quantitative estimate of drug-likeness (QED) is 0.0209. The van der Waals surface area contributed by atoms with Crippen LogP contribution < -0.4 is 25.8 Å². The number of nitrogens with one attached hydrogen (secondary N) is 2. The van der Waals surface area contributed by atoms with Crippen LogP contribution in [0.2, 0.25) is 0 Å². The summed E-state index contributed by atoms with van der Waals surface area (Å²) in [6.07, 6.45) is 4.46. The number of likely N-dealkylation sites (N-methyl/N-ethyl adjacent to an activating group) is 1. The van der Waals surface area contributed by atoms with E-state index in [2.05, 4.69) is 5.32 Å². The number of ether oxygens (including phenoxy) is 3. The number of methoxy groups -OCH3 is 1. The molecule has 5 aromatic rings. The lowest BCUT2D eigenvalue weighted by Gasteiger charge is -2.25. The van der Waals surface area contributed by atoms with E-state index in [1.165, 1.54) is 18.1 Å². The summed E-state index contributed by atoms with van der Waals surface area (Å²) in [6, 6.07) is 3.02. The third-order valence-electron chi connectivity index (χ3n) is 10.7. The largest absolute Gasteiger partial charge is 0.507 e. The molecule has 1 aliphatic carbocycles. The standard InChI is InChI=1S/C44H53N3O10.2CH4/c1-24-17-28-27(11-8-9-12-33(52)57-23-47(4,5)6)42(53)39-31(50)20-26(22-49)35-34-25(21-48)19-30(45-14-10-13-32(51)56-16-15-46(2)3)38-40(34)37(36(28)41(35)39)29(18-24)44(55-7)43(38)54;;/h17,19-20,48-49H,8-16,18,21-23H2,1-7H3,(H-,45,50,53,54);2*1H4/p+2. The topological polar surface area (TPSA) is 173 Å². The molecule has 5 N–H and O–H groups in total. The highest BCUT2D eigenvalue weighted by molar-refractivity contribution is 6.38. The van der Waals surface area contributed by atoms with Crippen molar-refractivity contribution in [3.63, 3.8) is 0 Å². The van der Waals surface area contributed by atoms with E-state index in [9.17, 15) is 34.5 Å². The van der Waals surface area contributed by atoms with Crippen molar-refractivity contribution in [2.24, 2.45) is 0 Å². The van der Waals surface area contributed by atoms with Gasteiger partial charge < -0.3 is 39.7 Å². The molecule has 0 aliphatic heterocycles. The van der Waals surface area contributed by atoms with Gasteiger partial charge in [0.15, 0.2) is 11.2 Å². The predicted molar refractivity (Wildman–Crippen MR) is 235 cm³/mol. The van der Waals surface area contributed by atoms with Crippen molar-refractivity contribution < 1.29 is 48.5 Å². The van der Waals surface area contributed by atoms with Gasteiger partial charge in [0.2, 0.25) is 12.2 Å². The first kappa shape index (κ1) is 46.6. The number of unbranched alkanes of at least 4 members (excludes halogenated alkanes) is 1. The molecule has 5 aromatic carbocycles. The molecule has 0 atom stereocenters. The molecule has 6 rings (SSSR count). The van der Waals surface area contributed by atoms with Crippen molar-refractivity contribution >= 4 is 66.8 Å².